The average Bonchev–Trinajstić information content (AvgIpc) is 3.14. The Kier molecular flexibility index (Phi) is 2.64. The maximum absolute atomic E-state index is 11.0. The molecule has 0 amide bonds. The predicted molar refractivity (Wildman–Crippen MR) is 83.1 cm³/mol. The van der Waals surface area contributed by atoms with E-state index >= 15 is 0 Å². The highest BCUT2D eigenvalue weighted by Crippen LogP contribution is 2.65. The normalized spacial score (nSPS) is 44.1. The molecule has 24 heavy (non-hydrogen) atoms. The summed E-state index contributed by atoms with van der Waals surface area (Å²) in [7, 11) is 0. The van der Waals surface area contributed by atoms with Crippen LogP contribution >= 0.6 is 0 Å². The molecule has 1 heterocycles. The Bertz CT molecular complexity index is 791. The van der Waals surface area contributed by atoms with Crippen molar-refractivity contribution in [2.24, 2.45) is 23.7 Å². The molecular formula is C17H17N3O4. The molecule has 8 atom stereocenters. The van der Waals surface area contributed by atoms with Crippen LogP contribution in [0.15, 0.2) is 18.2 Å². The maximum atomic E-state index is 11.0. The monoisotopic (exact) mass is 327 g/mol. The SMILES string of the molecule is N#Cc1cc([N+](=O)[O-])ccc1N1[C@@H]2[C@@H](O)[C@@H]3C[C@H]2[C@H]2[C@H](O)[C@@H]1C[C@H]32. The fourth-order valence-corrected chi connectivity index (χ4v) is 6.19. The van der Waals surface area contributed by atoms with Gasteiger partial charge in [-0.3, -0.25) is 10.1 Å². The van der Waals surface area contributed by atoms with Gasteiger partial charge >= 0.3 is 0 Å². The molecule has 7 heteroatoms. The number of rotatable bonds is 2. The van der Waals surface area contributed by atoms with Gasteiger partial charge in [-0.05, 0) is 42.6 Å². The maximum Gasteiger partial charge on any atom is 0.270 e. The van der Waals surface area contributed by atoms with Crippen LogP contribution in [0.4, 0.5) is 11.4 Å². The van der Waals surface area contributed by atoms with Crippen LogP contribution in [0.3, 0.4) is 0 Å². The number of nitro benzene ring substituents is 1. The second-order valence-corrected chi connectivity index (χ2v) is 7.56. The molecule has 0 unspecified atom stereocenters. The Hall–Kier alpha value is -2.17. The number of aliphatic hydroxyl groups excluding tert-OH is 2. The summed E-state index contributed by atoms with van der Waals surface area (Å²) in [5.74, 6) is 1.09. The first-order valence-electron chi connectivity index (χ1n) is 8.36. The van der Waals surface area contributed by atoms with Gasteiger partial charge in [-0.2, -0.15) is 5.26 Å². The number of aliphatic hydroxyl groups is 2. The predicted octanol–water partition coefficient (Wildman–Crippen LogP) is 1.03. The smallest absolute Gasteiger partial charge is 0.270 e. The third-order valence-corrected chi connectivity index (χ3v) is 6.88. The third kappa shape index (κ3) is 1.48. The van der Waals surface area contributed by atoms with E-state index in [4.69, 9.17) is 0 Å². The van der Waals surface area contributed by atoms with Gasteiger partial charge in [0.1, 0.15) is 6.07 Å². The molecule has 124 valence electrons. The number of nitro groups is 1. The number of nitriles is 1. The van der Waals surface area contributed by atoms with Crippen LogP contribution in [0, 0.1) is 45.1 Å². The molecule has 1 aromatic carbocycles. The molecule has 4 bridgehead atoms. The number of piperidine rings is 1. The van der Waals surface area contributed by atoms with Crippen molar-refractivity contribution in [3.05, 3.63) is 33.9 Å². The van der Waals surface area contributed by atoms with Gasteiger partial charge in [-0.15, -0.1) is 0 Å². The number of benzene rings is 1. The first-order chi connectivity index (χ1) is 11.5. The lowest BCUT2D eigenvalue weighted by Crippen LogP contribution is -2.61. The van der Waals surface area contributed by atoms with Gasteiger partial charge in [0.15, 0.2) is 0 Å². The lowest BCUT2D eigenvalue weighted by Gasteiger charge is -2.49. The number of non-ortho nitro benzene ring substituents is 1. The first-order valence-corrected chi connectivity index (χ1v) is 8.36. The van der Waals surface area contributed by atoms with Gasteiger partial charge in [0.2, 0.25) is 0 Å². The molecule has 2 N–H and O–H groups in total. The molecule has 5 rings (SSSR count). The first kappa shape index (κ1) is 14.2. The molecule has 3 saturated carbocycles. The molecule has 1 saturated heterocycles. The van der Waals surface area contributed by atoms with Gasteiger partial charge in [0.05, 0.1) is 40.5 Å². The molecule has 1 aromatic rings. The van der Waals surface area contributed by atoms with Gasteiger partial charge in [-0.1, -0.05) is 0 Å². The largest absolute Gasteiger partial charge is 0.391 e. The summed E-state index contributed by atoms with van der Waals surface area (Å²) in [6, 6.07) is 6.12. The highest BCUT2D eigenvalue weighted by Gasteiger charge is 2.70. The van der Waals surface area contributed by atoms with E-state index in [-0.39, 0.29) is 41.1 Å². The molecular weight excluding hydrogens is 310 g/mol. The van der Waals surface area contributed by atoms with Crippen LogP contribution in [-0.2, 0) is 0 Å². The van der Waals surface area contributed by atoms with E-state index in [0.29, 0.717) is 11.6 Å². The second kappa shape index (κ2) is 4.47. The van der Waals surface area contributed by atoms with E-state index in [1.165, 1.54) is 12.1 Å². The highest BCUT2D eigenvalue weighted by molar-refractivity contribution is 5.65. The molecule has 3 aliphatic carbocycles. The molecule has 0 spiro atoms. The van der Waals surface area contributed by atoms with Crippen molar-refractivity contribution >= 4 is 11.4 Å². The van der Waals surface area contributed by atoms with Crippen LogP contribution in [0.5, 0.6) is 0 Å². The quantitative estimate of drug-likeness (QED) is 0.620. The Morgan fingerprint density at radius 1 is 1.21 bits per heavy atom. The molecule has 1 aliphatic heterocycles. The summed E-state index contributed by atoms with van der Waals surface area (Å²) < 4.78 is 0. The minimum absolute atomic E-state index is 0.0966. The Labute approximate surface area is 138 Å². The van der Waals surface area contributed by atoms with Crippen molar-refractivity contribution in [1.82, 2.24) is 0 Å². The molecule has 4 fully saturated rings. The van der Waals surface area contributed by atoms with E-state index < -0.39 is 17.1 Å². The Morgan fingerprint density at radius 3 is 2.71 bits per heavy atom. The highest BCUT2D eigenvalue weighted by atomic mass is 16.6. The summed E-state index contributed by atoms with van der Waals surface area (Å²) in [6.07, 6.45) is 0.851. The number of anilines is 1. The summed E-state index contributed by atoms with van der Waals surface area (Å²) in [5.41, 5.74) is 0.712. The van der Waals surface area contributed by atoms with Crippen LogP contribution in [0.25, 0.3) is 0 Å². The van der Waals surface area contributed by atoms with Crippen LogP contribution < -0.4 is 4.90 Å². The minimum Gasteiger partial charge on any atom is -0.391 e. The standard InChI is InChI=1S/C17H17N3O4/c18-6-7-3-8(20(23)24)1-2-12(7)19-13-5-9-10-4-11(14(9)17(13)22)15(19)16(10)21/h1-3,9-11,13-17,21-22H,4-5H2/t9-,10-,11+,13+,14+,15+,16+,17-/m1/s1. The molecule has 0 aromatic heterocycles. The molecule has 7 nitrogen and oxygen atoms in total. The fraction of sp³-hybridized carbons (Fsp3) is 0.588. The van der Waals surface area contributed by atoms with E-state index in [2.05, 4.69) is 6.07 Å². The lowest BCUT2D eigenvalue weighted by atomic mass is 9.74. The number of nitrogens with zero attached hydrogens (tertiary/aromatic N) is 3. The van der Waals surface area contributed by atoms with Crippen molar-refractivity contribution in [2.75, 3.05) is 4.90 Å². The zero-order valence-corrected chi connectivity index (χ0v) is 12.8. The van der Waals surface area contributed by atoms with E-state index in [0.717, 1.165) is 12.8 Å². The van der Waals surface area contributed by atoms with E-state index in [1.807, 2.05) is 4.90 Å². The van der Waals surface area contributed by atoms with Crippen molar-refractivity contribution in [3.8, 4) is 6.07 Å². The van der Waals surface area contributed by atoms with Crippen molar-refractivity contribution in [3.63, 3.8) is 0 Å². The summed E-state index contributed by atoms with van der Waals surface area (Å²) in [5, 5.41) is 41.9. The van der Waals surface area contributed by atoms with Crippen LogP contribution in [0.2, 0.25) is 0 Å². The number of hydrogen-bond donors (Lipinski definition) is 2. The fourth-order valence-electron chi connectivity index (χ4n) is 6.19. The lowest BCUT2D eigenvalue weighted by molar-refractivity contribution is -0.384. The molecule has 4 aliphatic rings. The van der Waals surface area contributed by atoms with Crippen molar-refractivity contribution in [2.45, 2.75) is 37.1 Å². The van der Waals surface area contributed by atoms with Crippen molar-refractivity contribution < 1.29 is 15.1 Å². The van der Waals surface area contributed by atoms with Gasteiger partial charge < -0.3 is 15.1 Å². The number of hydrogen-bond acceptors (Lipinski definition) is 6. The van der Waals surface area contributed by atoms with Crippen LogP contribution in [0.1, 0.15) is 18.4 Å². The Balaban J connectivity index is 1.65. The second-order valence-electron chi connectivity index (χ2n) is 7.56. The van der Waals surface area contributed by atoms with Crippen molar-refractivity contribution in [1.29, 1.82) is 5.26 Å². The third-order valence-electron chi connectivity index (χ3n) is 6.88. The summed E-state index contributed by atoms with van der Waals surface area (Å²) >= 11 is 0. The van der Waals surface area contributed by atoms with Gasteiger partial charge in [-0.25, -0.2) is 0 Å². The number of fused-ring (bicyclic) bond motifs is 3. The zero-order valence-electron chi connectivity index (χ0n) is 12.8. The average molecular weight is 327 g/mol. The topological polar surface area (TPSA) is 111 Å². The van der Waals surface area contributed by atoms with E-state index in [1.54, 1.807) is 6.07 Å². The molecule has 0 radical (unpaired) electrons. The summed E-state index contributed by atoms with van der Waals surface area (Å²) in [4.78, 5) is 12.5. The van der Waals surface area contributed by atoms with Crippen LogP contribution in [-0.4, -0.2) is 39.4 Å². The van der Waals surface area contributed by atoms with E-state index in [9.17, 15) is 25.6 Å². The summed E-state index contributed by atoms with van der Waals surface area (Å²) in [6.45, 7) is 0. The minimum atomic E-state index is -0.515. The zero-order chi connectivity index (χ0) is 16.7. The van der Waals surface area contributed by atoms with Gasteiger partial charge in [0, 0.05) is 12.1 Å². The van der Waals surface area contributed by atoms with Gasteiger partial charge in [0.25, 0.3) is 5.69 Å². The Morgan fingerprint density at radius 2 is 2.00 bits per heavy atom.